The minimum atomic E-state index is -0.604. The molecule has 0 radical (unpaired) electrons. The first kappa shape index (κ1) is 10.3. The van der Waals surface area contributed by atoms with Crippen molar-refractivity contribution in [2.75, 3.05) is 13.2 Å². The highest BCUT2D eigenvalue weighted by Gasteiger charge is 2.24. The Kier molecular flexibility index (Phi) is 3.08. The van der Waals surface area contributed by atoms with Crippen molar-refractivity contribution in [2.45, 2.75) is 6.29 Å². The molecule has 1 heterocycles. The molecular weight excluding hydrogens is 220 g/mol. The minimum Gasteiger partial charge on any atom is -0.487 e. The summed E-state index contributed by atoms with van der Waals surface area (Å²) in [6.45, 7) is 0.183. The van der Waals surface area contributed by atoms with E-state index in [0.29, 0.717) is 10.8 Å². The van der Waals surface area contributed by atoms with E-state index in [9.17, 15) is 4.79 Å². The molecular formula is C10H9ClO4. The van der Waals surface area contributed by atoms with Gasteiger partial charge in [0, 0.05) is 5.02 Å². The number of carbonyl (C=O) groups excluding carboxylic acids is 1. The monoisotopic (exact) mass is 228 g/mol. The van der Waals surface area contributed by atoms with Gasteiger partial charge in [-0.1, -0.05) is 11.6 Å². The first-order valence-electron chi connectivity index (χ1n) is 4.43. The SMILES string of the molecule is O=C1COC(COc2ccc(Cl)cc2)O1. The lowest BCUT2D eigenvalue weighted by atomic mass is 10.3. The van der Waals surface area contributed by atoms with E-state index < -0.39 is 6.29 Å². The molecule has 0 bridgehead atoms. The molecule has 2 rings (SSSR count). The van der Waals surface area contributed by atoms with Crippen molar-refractivity contribution in [3.63, 3.8) is 0 Å². The highest BCUT2D eigenvalue weighted by molar-refractivity contribution is 6.30. The van der Waals surface area contributed by atoms with Gasteiger partial charge < -0.3 is 14.2 Å². The molecule has 1 fully saturated rings. The fourth-order valence-corrected chi connectivity index (χ4v) is 1.28. The molecule has 5 heteroatoms. The normalized spacial score (nSPS) is 20.1. The van der Waals surface area contributed by atoms with E-state index in [4.69, 9.17) is 25.8 Å². The Balaban J connectivity index is 1.83. The highest BCUT2D eigenvalue weighted by atomic mass is 35.5. The molecule has 0 amide bonds. The van der Waals surface area contributed by atoms with Crippen LogP contribution in [0.1, 0.15) is 0 Å². The number of benzene rings is 1. The molecule has 1 aliphatic heterocycles. The molecule has 1 atom stereocenters. The Hall–Kier alpha value is -1.26. The maximum Gasteiger partial charge on any atom is 0.334 e. The summed E-state index contributed by atoms with van der Waals surface area (Å²) >= 11 is 5.71. The quantitative estimate of drug-likeness (QED) is 0.738. The standard InChI is InChI=1S/C10H9ClO4/c11-7-1-3-8(4-2-7)13-6-10-14-5-9(12)15-10/h1-4,10H,5-6H2. The van der Waals surface area contributed by atoms with Gasteiger partial charge in [-0.2, -0.15) is 0 Å². The summed E-state index contributed by atoms with van der Waals surface area (Å²) in [4.78, 5) is 10.7. The molecule has 0 aliphatic carbocycles. The second kappa shape index (κ2) is 4.51. The Morgan fingerprint density at radius 2 is 2.13 bits per heavy atom. The van der Waals surface area contributed by atoms with E-state index in [0.717, 1.165) is 0 Å². The first-order chi connectivity index (χ1) is 7.24. The van der Waals surface area contributed by atoms with E-state index in [1.54, 1.807) is 24.3 Å². The number of halogens is 1. The van der Waals surface area contributed by atoms with Crippen molar-refractivity contribution in [3.8, 4) is 5.75 Å². The summed E-state index contributed by atoms with van der Waals surface area (Å²) < 4.78 is 15.1. The number of carbonyl (C=O) groups is 1. The summed E-state index contributed by atoms with van der Waals surface area (Å²) in [7, 11) is 0. The Morgan fingerprint density at radius 1 is 1.40 bits per heavy atom. The van der Waals surface area contributed by atoms with Crippen molar-refractivity contribution in [1.29, 1.82) is 0 Å². The third-order valence-corrected chi connectivity index (χ3v) is 2.10. The zero-order valence-electron chi connectivity index (χ0n) is 7.81. The molecule has 1 saturated heterocycles. The van der Waals surface area contributed by atoms with Gasteiger partial charge in [0.25, 0.3) is 0 Å². The Morgan fingerprint density at radius 3 is 2.73 bits per heavy atom. The van der Waals surface area contributed by atoms with Crippen LogP contribution in [0.25, 0.3) is 0 Å². The van der Waals surface area contributed by atoms with Gasteiger partial charge >= 0.3 is 5.97 Å². The van der Waals surface area contributed by atoms with Crippen LogP contribution in [-0.2, 0) is 14.3 Å². The third kappa shape index (κ3) is 2.84. The molecule has 15 heavy (non-hydrogen) atoms. The van der Waals surface area contributed by atoms with Gasteiger partial charge in [-0.15, -0.1) is 0 Å². The van der Waals surface area contributed by atoms with E-state index in [1.165, 1.54) is 0 Å². The predicted molar refractivity (Wildman–Crippen MR) is 52.8 cm³/mol. The van der Waals surface area contributed by atoms with Crippen LogP contribution in [0.5, 0.6) is 5.75 Å². The smallest absolute Gasteiger partial charge is 0.334 e. The maximum absolute atomic E-state index is 10.7. The maximum atomic E-state index is 10.7. The van der Waals surface area contributed by atoms with Crippen LogP contribution >= 0.6 is 11.6 Å². The van der Waals surface area contributed by atoms with Gasteiger partial charge in [0.2, 0.25) is 6.29 Å². The van der Waals surface area contributed by atoms with Gasteiger partial charge in [0.05, 0.1) is 0 Å². The van der Waals surface area contributed by atoms with E-state index in [-0.39, 0.29) is 19.2 Å². The van der Waals surface area contributed by atoms with Gasteiger partial charge in [0.1, 0.15) is 12.4 Å². The molecule has 0 spiro atoms. The molecule has 1 unspecified atom stereocenters. The zero-order chi connectivity index (χ0) is 10.7. The number of esters is 1. The molecule has 80 valence electrons. The number of hydrogen-bond acceptors (Lipinski definition) is 4. The van der Waals surface area contributed by atoms with E-state index >= 15 is 0 Å². The van der Waals surface area contributed by atoms with Crippen LogP contribution in [0, 0.1) is 0 Å². The second-order valence-electron chi connectivity index (χ2n) is 3.00. The molecule has 0 aromatic heterocycles. The van der Waals surface area contributed by atoms with Crippen molar-refractivity contribution in [3.05, 3.63) is 29.3 Å². The molecule has 0 N–H and O–H groups in total. The van der Waals surface area contributed by atoms with Crippen LogP contribution < -0.4 is 4.74 Å². The molecule has 1 aliphatic rings. The molecule has 1 aromatic rings. The fourth-order valence-electron chi connectivity index (χ4n) is 1.15. The lowest BCUT2D eigenvalue weighted by Gasteiger charge is -2.10. The third-order valence-electron chi connectivity index (χ3n) is 1.85. The summed E-state index contributed by atoms with van der Waals surface area (Å²) in [5, 5.41) is 0.644. The number of ether oxygens (including phenoxy) is 3. The Bertz CT molecular complexity index is 349. The summed E-state index contributed by atoms with van der Waals surface area (Å²) in [5.74, 6) is 0.297. The van der Waals surface area contributed by atoms with Gasteiger partial charge in [-0.25, -0.2) is 4.79 Å². The summed E-state index contributed by atoms with van der Waals surface area (Å²) in [5.41, 5.74) is 0. The molecule has 1 aromatic carbocycles. The van der Waals surface area contributed by atoms with Crippen molar-refractivity contribution < 1.29 is 19.0 Å². The van der Waals surface area contributed by atoms with Gasteiger partial charge in [-0.3, -0.25) is 0 Å². The lowest BCUT2D eigenvalue weighted by Crippen LogP contribution is -2.18. The largest absolute Gasteiger partial charge is 0.487 e. The predicted octanol–water partition coefficient (Wildman–Crippen LogP) is 1.62. The number of rotatable bonds is 3. The van der Waals surface area contributed by atoms with Gasteiger partial charge in [0.15, 0.2) is 6.61 Å². The second-order valence-corrected chi connectivity index (χ2v) is 3.43. The van der Waals surface area contributed by atoms with Crippen LogP contribution in [0.3, 0.4) is 0 Å². The summed E-state index contributed by atoms with van der Waals surface area (Å²) in [6, 6.07) is 6.91. The molecule has 4 nitrogen and oxygen atoms in total. The fraction of sp³-hybridized carbons (Fsp3) is 0.300. The van der Waals surface area contributed by atoms with E-state index in [1.807, 2.05) is 0 Å². The van der Waals surface area contributed by atoms with Crippen LogP contribution in [0.2, 0.25) is 5.02 Å². The number of cyclic esters (lactones) is 1. The number of hydrogen-bond donors (Lipinski definition) is 0. The summed E-state index contributed by atoms with van der Waals surface area (Å²) in [6.07, 6.45) is -0.604. The van der Waals surface area contributed by atoms with Crippen LogP contribution in [0.4, 0.5) is 0 Å². The Labute approximate surface area is 91.7 Å². The zero-order valence-corrected chi connectivity index (χ0v) is 8.57. The first-order valence-corrected chi connectivity index (χ1v) is 4.81. The van der Waals surface area contributed by atoms with E-state index in [2.05, 4.69) is 0 Å². The average molecular weight is 229 g/mol. The minimum absolute atomic E-state index is 0.00531. The van der Waals surface area contributed by atoms with Gasteiger partial charge in [-0.05, 0) is 24.3 Å². The topological polar surface area (TPSA) is 44.8 Å². The average Bonchev–Trinajstić information content (AvgIpc) is 2.64. The van der Waals surface area contributed by atoms with Crippen LogP contribution in [0.15, 0.2) is 24.3 Å². The van der Waals surface area contributed by atoms with Crippen molar-refractivity contribution in [1.82, 2.24) is 0 Å². The van der Waals surface area contributed by atoms with Crippen molar-refractivity contribution in [2.24, 2.45) is 0 Å². The van der Waals surface area contributed by atoms with Crippen molar-refractivity contribution >= 4 is 17.6 Å². The highest BCUT2D eigenvalue weighted by Crippen LogP contribution is 2.16. The lowest BCUT2D eigenvalue weighted by molar-refractivity contribution is -0.145. The molecule has 0 saturated carbocycles. The van der Waals surface area contributed by atoms with Crippen LogP contribution in [-0.4, -0.2) is 25.5 Å².